The fourth-order valence-corrected chi connectivity index (χ4v) is 3.17. The number of hydrogen-bond acceptors (Lipinski definition) is 5. The summed E-state index contributed by atoms with van der Waals surface area (Å²) in [6, 6.07) is 13.5. The van der Waals surface area contributed by atoms with Crippen LogP contribution in [0.1, 0.15) is 15.9 Å². The molecular formula is C19H23N3O3. The van der Waals surface area contributed by atoms with Crippen LogP contribution >= 0.6 is 0 Å². The number of aromatic nitrogens is 1. The summed E-state index contributed by atoms with van der Waals surface area (Å²) in [5.41, 5.74) is 1.71. The lowest BCUT2D eigenvalue weighted by atomic mass is 10.0. The molecule has 0 aliphatic carbocycles. The summed E-state index contributed by atoms with van der Waals surface area (Å²) in [5.74, 6) is 0.318. The van der Waals surface area contributed by atoms with Gasteiger partial charge in [-0.05, 0) is 11.6 Å². The average molecular weight is 341 g/mol. The van der Waals surface area contributed by atoms with E-state index in [0.29, 0.717) is 11.4 Å². The van der Waals surface area contributed by atoms with Gasteiger partial charge >= 0.3 is 0 Å². The molecule has 2 N–H and O–H groups in total. The standard InChI is InChI=1S/C19H23N3O3/c1-25-18-8-7-15(9-20-18)19(24)21-17-12-22(11-16(17)13-23)10-14-5-3-2-4-6-14/h2-9,16-17,23H,10-13H2,1H3,(H,21,24)/t16-,17+/m0/s1. The van der Waals surface area contributed by atoms with Crippen LogP contribution < -0.4 is 10.1 Å². The Morgan fingerprint density at radius 1 is 1.28 bits per heavy atom. The molecule has 1 aliphatic heterocycles. The lowest BCUT2D eigenvalue weighted by Gasteiger charge is -2.18. The number of hydrogen-bond donors (Lipinski definition) is 2. The predicted octanol–water partition coefficient (Wildman–Crippen LogP) is 1.31. The largest absolute Gasteiger partial charge is 0.481 e. The summed E-state index contributed by atoms with van der Waals surface area (Å²) in [6.45, 7) is 2.34. The molecule has 6 heteroatoms. The Balaban J connectivity index is 1.61. The molecule has 0 saturated carbocycles. The van der Waals surface area contributed by atoms with Gasteiger partial charge < -0.3 is 15.2 Å². The second kappa shape index (κ2) is 8.09. The smallest absolute Gasteiger partial charge is 0.253 e. The van der Waals surface area contributed by atoms with Crippen LogP contribution in [-0.4, -0.2) is 53.7 Å². The lowest BCUT2D eigenvalue weighted by Crippen LogP contribution is -2.41. The normalized spacial score (nSPS) is 20.4. The second-order valence-corrected chi connectivity index (χ2v) is 6.29. The molecule has 3 rings (SSSR count). The van der Waals surface area contributed by atoms with E-state index in [9.17, 15) is 9.90 Å². The third-order valence-electron chi connectivity index (χ3n) is 4.52. The molecule has 1 amide bonds. The van der Waals surface area contributed by atoms with Gasteiger partial charge in [0.1, 0.15) is 0 Å². The number of carbonyl (C=O) groups excluding carboxylic acids is 1. The topological polar surface area (TPSA) is 74.7 Å². The molecule has 1 aromatic carbocycles. The molecule has 1 aromatic heterocycles. The van der Waals surface area contributed by atoms with Gasteiger partial charge in [0.05, 0.1) is 12.7 Å². The summed E-state index contributed by atoms with van der Waals surface area (Å²) in [6.07, 6.45) is 1.50. The van der Waals surface area contributed by atoms with E-state index >= 15 is 0 Å². The fourth-order valence-electron chi connectivity index (χ4n) is 3.17. The summed E-state index contributed by atoms with van der Waals surface area (Å²) in [4.78, 5) is 18.8. The first-order valence-corrected chi connectivity index (χ1v) is 8.37. The number of nitrogens with zero attached hydrogens (tertiary/aromatic N) is 2. The van der Waals surface area contributed by atoms with Crippen molar-refractivity contribution < 1.29 is 14.6 Å². The van der Waals surface area contributed by atoms with Gasteiger partial charge in [-0.3, -0.25) is 9.69 Å². The highest BCUT2D eigenvalue weighted by Gasteiger charge is 2.33. The molecule has 2 aromatic rings. The van der Waals surface area contributed by atoms with Gasteiger partial charge in [-0.15, -0.1) is 0 Å². The minimum Gasteiger partial charge on any atom is -0.481 e. The van der Waals surface area contributed by atoms with E-state index in [2.05, 4.69) is 27.3 Å². The molecule has 0 unspecified atom stereocenters. The van der Waals surface area contributed by atoms with Crippen molar-refractivity contribution in [2.24, 2.45) is 5.92 Å². The maximum atomic E-state index is 12.4. The molecule has 132 valence electrons. The third kappa shape index (κ3) is 4.35. The van der Waals surface area contributed by atoms with Gasteiger partial charge in [0.15, 0.2) is 0 Å². The maximum absolute atomic E-state index is 12.4. The third-order valence-corrected chi connectivity index (χ3v) is 4.52. The monoisotopic (exact) mass is 341 g/mol. The van der Waals surface area contributed by atoms with E-state index in [1.807, 2.05) is 18.2 Å². The highest BCUT2D eigenvalue weighted by molar-refractivity contribution is 5.94. The molecule has 1 fully saturated rings. The van der Waals surface area contributed by atoms with Crippen molar-refractivity contribution in [1.82, 2.24) is 15.2 Å². The first-order valence-electron chi connectivity index (χ1n) is 8.37. The highest BCUT2D eigenvalue weighted by Crippen LogP contribution is 2.20. The zero-order valence-electron chi connectivity index (χ0n) is 14.3. The van der Waals surface area contributed by atoms with Gasteiger partial charge in [0, 0.05) is 50.5 Å². The number of likely N-dealkylation sites (tertiary alicyclic amines) is 1. The van der Waals surface area contributed by atoms with Crippen LogP contribution in [0.25, 0.3) is 0 Å². The van der Waals surface area contributed by atoms with E-state index in [1.54, 1.807) is 12.1 Å². The molecular weight excluding hydrogens is 318 g/mol. The Kier molecular flexibility index (Phi) is 5.63. The zero-order chi connectivity index (χ0) is 17.6. The van der Waals surface area contributed by atoms with Crippen LogP contribution in [0.15, 0.2) is 48.7 Å². The average Bonchev–Trinajstić information content (AvgIpc) is 3.03. The van der Waals surface area contributed by atoms with Crippen molar-refractivity contribution in [3.63, 3.8) is 0 Å². The van der Waals surface area contributed by atoms with E-state index in [1.165, 1.54) is 18.9 Å². The van der Waals surface area contributed by atoms with E-state index in [0.717, 1.165) is 19.6 Å². The minimum absolute atomic E-state index is 0.0267. The van der Waals surface area contributed by atoms with E-state index in [4.69, 9.17) is 4.74 Å². The van der Waals surface area contributed by atoms with Gasteiger partial charge in [0.2, 0.25) is 5.88 Å². The van der Waals surface area contributed by atoms with Crippen molar-refractivity contribution in [2.45, 2.75) is 12.6 Å². The number of ether oxygens (including phenoxy) is 1. The van der Waals surface area contributed by atoms with Gasteiger partial charge in [0.25, 0.3) is 5.91 Å². The quantitative estimate of drug-likeness (QED) is 0.829. The van der Waals surface area contributed by atoms with Crippen molar-refractivity contribution in [2.75, 3.05) is 26.8 Å². The van der Waals surface area contributed by atoms with Gasteiger partial charge in [-0.2, -0.15) is 0 Å². The summed E-state index contributed by atoms with van der Waals surface area (Å²) >= 11 is 0. The second-order valence-electron chi connectivity index (χ2n) is 6.29. The molecule has 0 bridgehead atoms. The number of carbonyl (C=O) groups is 1. The summed E-state index contributed by atoms with van der Waals surface area (Å²) in [7, 11) is 1.54. The van der Waals surface area contributed by atoms with Crippen LogP contribution in [0.3, 0.4) is 0 Å². The highest BCUT2D eigenvalue weighted by atomic mass is 16.5. The first-order chi connectivity index (χ1) is 12.2. The number of benzene rings is 1. The molecule has 0 spiro atoms. The molecule has 6 nitrogen and oxygen atoms in total. The van der Waals surface area contributed by atoms with Gasteiger partial charge in [-0.25, -0.2) is 4.98 Å². The number of aliphatic hydroxyl groups excluding tert-OH is 1. The Labute approximate surface area is 147 Å². The van der Waals surface area contributed by atoms with E-state index in [-0.39, 0.29) is 24.5 Å². The van der Waals surface area contributed by atoms with Crippen LogP contribution in [0.4, 0.5) is 0 Å². The van der Waals surface area contributed by atoms with Crippen molar-refractivity contribution in [1.29, 1.82) is 0 Å². The number of nitrogens with one attached hydrogen (secondary N) is 1. The SMILES string of the molecule is COc1ccc(C(=O)N[C@@H]2CN(Cc3ccccc3)C[C@H]2CO)cn1. The van der Waals surface area contributed by atoms with Crippen LogP contribution in [-0.2, 0) is 6.54 Å². The fraction of sp³-hybridized carbons (Fsp3) is 0.368. The van der Waals surface area contributed by atoms with Crippen LogP contribution in [0.2, 0.25) is 0 Å². The minimum atomic E-state index is -0.180. The number of methoxy groups -OCH3 is 1. The Morgan fingerprint density at radius 3 is 2.72 bits per heavy atom. The number of rotatable bonds is 6. The zero-order valence-corrected chi connectivity index (χ0v) is 14.3. The molecule has 0 radical (unpaired) electrons. The first kappa shape index (κ1) is 17.4. The maximum Gasteiger partial charge on any atom is 0.253 e. The summed E-state index contributed by atoms with van der Waals surface area (Å²) < 4.78 is 5.00. The molecule has 1 saturated heterocycles. The van der Waals surface area contributed by atoms with Crippen molar-refractivity contribution in [3.8, 4) is 5.88 Å². The number of pyridine rings is 1. The lowest BCUT2D eigenvalue weighted by molar-refractivity contribution is 0.0920. The van der Waals surface area contributed by atoms with Crippen molar-refractivity contribution >= 4 is 5.91 Å². The predicted molar refractivity (Wildman–Crippen MR) is 94.3 cm³/mol. The Morgan fingerprint density at radius 2 is 2.08 bits per heavy atom. The van der Waals surface area contributed by atoms with Crippen LogP contribution in [0.5, 0.6) is 5.88 Å². The molecule has 25 heavy (non-hydrogen) atoms. The van der Waals surface area contributed by atoms with Gasteiger partial charge in [-0.1, -0.05) is 30.3 Å². The molecule has 2 heterocycles. The number of amides is 1. The van der Waals surface area contributed by atoms with Crippen LogP contribution in [0, 0.1) is 5.92 Å². The Bertz CT molecular complexity index is 691. The molecule has 1 aliphatic rings. The number of aliphatic hydroxyl groups is 1. The summed E-state index contributed by atoms with van der Waals surface area (Å²) in [5, 5.41) is 12.7. The van der Waals surface area contributed by atoms with E-state index < -0.39 is 0 Å². The molecule has 2 atom stereocenters. The van der Waals surface area contributed by atoms with Crippen molar-refractivity contribution in [3.05, 3.63) is 59.8 Å². The Hall–Kier alpha value is -2.44.